The van der Waals surface area contributed by atoms with Crippen LogP contribution in [0.4, 0.5) is 5.82 Å². The van der Waals surface area contributed by atoms with Crippen LogP contribution in [0.15, 0.2) is 18.3 Å². The maximum atomic E-state index is 5.88. The van der Waals surface area contributed by atoms with Crippen LogP contribution in [0.1, 0.15) is 5.56 Å². The van der Waals surface area contributed by atoms with Crippen LogP contribution in [0.3, 0.4) is 0 Å². The van der Waals surface area contributed by atoms with Gasteiger partial charge < -0.3 is 11.5 Å². The van der Waals surface area contributed by atoms with Gasteiger partial charge in [0.25, 0.3) is 0 Å². The molecule has 4 N–H and O–H groups in total. The molecule has 0 aromatic carbocycles. The van der Waals surface area contributed by atoms with Gasteiger partial charge >= 0.3 is 0 Å². The lowest BCUT2D eigenvalue weighted by Crippen LogP contribution is -2.25. The van der Waals surface area contributed by atoms with E-state index in [0.717, 1.165) is 17.7 Å². The zero-order chi connectivity index (χ0) is 9.68. The summed E-state index contributed by atoms with van der Waals surface area (Å²) in [6, 6.07) is 4.04. The first-order valence-corrected chi connectivity index (χ1v) is 5.56. The maximum Gasteiger partial charge on any atom is 0.123 e. The summed E-state index contributed by atoms with van der Waals surface area (Å²) in [6.45, 7) is 0. The molecule has 1 heterocycles. The Labute approximate surface area is 82.9 Å². The molecule has 4 heteroatoms. The van der Waals surface area contributed by atoms with Crippen molar-refractivity contribution in [3.63, 3.8) is 0 Å². The minimum Gasteiger partial charge on any atom is -0.384 e. The first-order valence-electron chi connectivity index (χ1n) is 4.17. The molecule has 0 aliphatic rings. The average Bonchev–Trinajstić information content (AvgIpc) is 2.04. The lowest BCUT2D eigenvalue weighted by molar-refractivity contribution is 0.749. The van der Waals surface area contributed by atoms with Crippen molar-refractivity contribution in [2.75, 3.05) is 17.7 Å². The molecule has 1 aromatic rings. The fourth-order valence-corrected chi connectivity index (χ4v) is 1.74. The highest BCUT2D eigenvalue weighted by Crippen LogP contribution is 2.07. The van der Waals surface area contributed by atoms with Gasteiger partial charge in [-0.2, -0.15) is 11.8 Å². The van der Waals surface area contributed by atoms with Gasteiger partial charge in [-0.15, -0.1) is 0 Å². The molecular formula is C9H15N3S. The van der Waals surface area contributed by atoms with Gasteiger partial charge in [0.05, 0.1) is 0 Å². The SMILES string of the molecule is CSCC(N)Cc1ccnc(N)c1. The molecule has 0 fully saturated rings. The fourth-order valence-electron chi connectivity index (χ4n) is 1.20. The molecule has 72 valence electrons. The molecule has 0 amide bonds. The second kappa shape index (κ2) is 5.09. The minimum atomic E-state index is 0.205. The summed E-state index contributed by atoms with van der Waals surface area (Å²) in [7, 11) is 0. The van der Waals surface area contributed by atoms with Crippen LogP contribution in [0.25, 0.3) is 0 Å². The number of aromatic nitrogens is 1. The highest BCUT2D eigenvalue weighted by atomic mass is 32.2. The lowest BCUT2D eigenvalue weighted by atomic mass is 10.1. The van der Waals surface area contributed by atoms with E-state index in [2.05, 4.69) is 11.2 Å². The van der Waals surface area contributed by atoms with Crippen molar-refractivity contribution in [3.05, 3.63) is 23.9 Å². The third-order valence-electron chi connectivity index (χ3n) is 1.72. The van der Waals surface area contributed by atoms with E-state index in [4.69, 9.17) is 11.5 Å². The standard InChI is InChI=1S/C9H15N3S/c1-13-6-8(10)4-7-2-3-12-9(11)5-7/h2-3,5,8H,4,6,10H2,1H3,(H2,11,12). The number of hydrogen-bond acceptors (Lipinski definition) is 4. The second-order valence-electron chi connectivity index (χ2n) is 3.01. The van der Waals surface area contributed by atoms with E-state index in [0.29, 0.717) is 5.82 Å². The van der Waals surface area contributed by atoms with Gasteiger partial charge in [-0.05, 0) is 30.4 Å². The van der Waals surface area contributed by atoms with E-state index in [1.807, 2.05) is 12.1 Å². The van der Waals surface area contributed by atoms with E-state index in [-0.39, 0.29) is 6.04 Å². The van der Waals surface area contributed by atoms with Crippen LogP contribution >= 0.6 is 11.8 Å². The van der Waals surface area contributed by atoms with E-state index in [1.54, 1.807) is 18.0 Å². The van der Waals surface area contributed by atoms with Gasteiger partial charge in [-0.1, -0.05) is 0 Å². The molecule has 1 rings (SSSR count). The molecular weight excluding hydrogens is 182 g/mol. The Kier molecular flexibility index (Phi) is 4.05. The Morgan fingerprint density at radius 1 is 1.62 bits per heavy atom. The predicted octanol–water partition coefficient (Wildman–Crippen LogP) is 0.897. The van der Waals surface area contributed by atoms with Crippen molar-refractivity contribution in [3.8, 4) is 0 Å². The fraction of sp³-hybridized carbons (Fsp3) is 0.444. The highest BCUT2D eigenvalue weighted by Gasteiger charge is 2.03. The van der Waals surface area contributed by atoms with Gasteiger partial charge in [0, 0.05) is 18.0 Å². The van der Waals surface area contributed by atoms with Crippen LogP contribution in [0.5, 0.6) is 0 Å². The van der Waals surface area contributed by atoms with Crippen LogP contribution < -0.4 is 11.5 Å². The largest absolute Gasteiger partial charge is 0.384 e. The molecule has 3 nitrogen and oxygen atoms in total. The molecule has 0 saturated carbocycles. The quantitative estimate of drug-likeness (QED) is 0.752. The summed E-state index contributed by atoms with van der Waals surface area (Å²) in [5.74, 6) is 1.54. The molecule has 13 heavy (non-hydrogen) atoms. The first kappa shape index (κ1) is 10.3. The Hall–Kier alpha value is -0.740. The molecule has 0 aliphatic heterocycles. The Morgan fingerprint density at radius 3 is 3.00 bits per heavy atom. The van der Waals surface area contributed by atoms with Crippen LogP contribution in [0, 0.1) is 0 Å². The van der Waals surface area contributed by atoms with Gasteiger partial charge in [0.2, 0.25) is 0 Å². The third kappa shape index (κ3) is 3.65. The number of rotatable bonds is 4. The Bertz CT molecular complexity index is 265. The number of pyridine rings is 1. The van der Waals surface area contributed by atoms with Crippen molar-refractivity contribution in [2.45, 2.75) is 12.5 Å². The number of nitrogens with two attached hydrogens (primary N) is 2. The van der Waals surface area contributed by atoms with Crippen molar-refractivity contribution in [2.24, 2.45) is 5.73 Å². The summed E-state index contributed by atoms with van der Waals surface area (Å²) in [6.07, 6.45) is 4.64. The van der Waals surface area contributed by atoms with Crippen molar-refractivity contribution in [1.29, 1.82) is 0 Å². The highest BCUT2D eigenvalue weighted by molar-refractivity contribution is 7.98. The van der Waals surface area contributed by atoms with Crippen molar-refractivity contribution >= 4 is 17.6 Å². The molecule has 1 aromatic heterocycles. The lowest BCUT2D eigenvalue weighted by Gasteiger charge is -2.09. The number of thioether (sulfide) groups is 1. The van der Waals surface area contributed by atoms with Gasteiger partial charge in [0.15, 0.2) is 0 Å². The summed E-state index contributed by atoms with van der Waals surface area (Å²) >= 11 is 1.76. The summed E-state index contributed by atoms with van der Waals surface area (Å²) in [4.78, 5) is 3.92. The van der Waals surface area contributed by atoms with E-state index in [9.17, 15) is 0 Å². The van der Waals surface area contributed by atoms with Gasteiger partial charge in [-0.3, -0.25) is 0 Å². The normalized spacial score (nSPS) is 12.8. The van der Waals surface area contributed by atoms with Crippen molar-refractivity contribution in [1.82, 2.24) is 4.98 Å². The molecule has 1 unspecified atom stereocenters. The molecule has 0 spiro atoms. The van der Waals surface area contributed by atoms with Crippen LogP contribution in [-0.2, 0) is 6.42 Å². The predicted molar refractivity (Wildman–Crippen MR) is 58.7 cm³/mol. The summed E-state index contributed by atoms with van der Waals surface area (Å²) < 4.78 is 0. The van der Waals surface area contributed by atoms with E-state index in [1.165, 1.54) is 0 Å². The Balaban J connectivity index is 2.53. The number of hydrogen-bond donors (Lipinski definition) is 2. The number of anilines is 1. The zero-order valence-electron chi connectivity index (χ0n) is 7.73. The van der Waals surface area contributed by atoms with E-state index < -0.39 is 0 Å². The Morgan fingerprint density at radius 2 is 2.38 bits per heavy atom. The number of nitrogens with zero attached hydrogens (tertiary/aromatic N) is 1. The van der Waals surface area contributed by atoms with E-state index >= 15 is 0 Å². The minimum absolute atomic E-state index is 0.205. The maximum absolute atomic E-state index is 5.88. The van der Waals surface area contributed by atoms with Crippen LogP contribution in [-0.4, -0.2) is 23.0 Å². The number of nitrogen functional groups attached to an aromatic ring is 1. The molecule has 1 atom stereocenters. The van der Waals surface area contributed by atoms with Gasteiger partial charge in [-0.25, -0.2) is 4.98 Å². The molecule has 0 aliphatic carbocycles. The molecule has 0 radical (unpaired) electrons. The topological polar surface area (TPSA) is 64.9 Å². The van der Waals surface area contributed by atoms with Crippen molar-refractivity contribution < 1.29 is 0 Å². The third-order valence-corrected chi connectivity index (χ3v) is 2.49. The van der Waals surface area contributed by atoms with Crippen LogP contribution in [0.2, 0.25) is 0 Å². The summed E-state index contributed by atoms with van der Waals surface area (Å²) in [5, 5.41) is 0. The second-order valence-corrected chi connectivity index (χ2v) is 3.92. The zero-order valence-corrected chi connectivity index (χ0v) is 8.55. The smallest absolute Gasteiger partial charge is 0.123 e. The summed E-state index contributed by atoms with van der Waals surface area (Å²) in [5.41, 5.74) is 12.6. The average molecular weight is 197 g/mol. The monoisotopic (exact) mass is 197 g/mol. The molecule has 0 bridgehead atoms. The van der Waals surface area contributed by atoms with Gasteiger partial charge in [0.1, 0.15) is 5.82 Å². The first-order chi connectivity index (χ1) is 6.22. The molecule has 0 saturated heterocycles.